The molecule has 0 aliphatic carbocycles. The Balaban J connectivity index is 2.99. The van der Waals surface area contributed by atoms with Crippen LogP contribution in [0.5, 0.6) is 0 Å². The summed E-state index contributed by atoms with van der Waals surface area (Å²) >= 11 is 0. The Bertz CT molecular complexity index is 337. The maximum absolute atomic E-state index is 9.16. The first-order chi connectivity index (χ1) is 6.63. The van der Waals surface area contributed by atoms with E-state index in [2.05, 4.69) is 5.48 Å². The van der Waals surface area contributed by atoms with Gasteiger partial charge in [-0.25, -0.2) is 0 Å². The molecule has 0 atom stereocenters. The Labute approximate surface area is 82.4 Å². The fourth-order valence-electron chi connectivity index (χ4n) is 0.966. The van der Waals surface area contributed by atoms with E-state index < -0.39 is 0 Å². The van der Waals surface area contributed by atoms with Crippen molar-refractivity contribution in [2.75, 3.05) is 19.6 Å². The molecular formula is C9H14N3O2+. The zero-order valence-electron chi connectivity index (χ0n) is 8.18. The van der Waals surface area contributed by atoms with Crippen molar-refractivity contribution in [3.8, 4) is 0 Å². The molecule has 0 bridgehead atoms. The lowest BCUT2D eigenvalue weighted by molar-refractivity contribution is -0.904. The molecule has 0 aromatic carbocycles. The first-order valence-electron chi connectivity index (χ1n) is 4.13. The van der Waals surface area contributed by atoms with Crippen LogP contribution in [0, 0.1) is 0 Å². The summed E-state index contributed by atoms with van der Waals surface area (Å²) in [6, 6.07) is 1.56. The number of nitrogens with zero attached hydrogens (tertiary/aromatic N) is 2. The summed E-state index contributed by atoms with van der Waals surface area (Å²) in [4.78, 5) is 1.86. The van der Waals surface area contributed by atoms with Gasteiger partial charge in [-0.15, -0.1) is 0 Å². The second kappa shape index (κ2) is 4.48. The van der Waals surface area contributed by atoms with E-state index in [0.29, 0.717) is 11.3 Å². The molecule has 0 aliphatic rings. The highest BCUT2D eigenvalue weighted by Gasteiger charge is 2.05. The van der Waals surface area contributed by atoms with Gasteiger partial charge in [0.15, 0.2) is 0 Å². The maximum atomic E-state index is 9.16. The summed E-state index contributed by atoms with van der Waals surface area (Å²) in [5, 5.41) is 17.9. The summed E-state index contributed by atoms with van der Waals surface area (Å²) in [7, 11) is 3.77. The van der Waals surface area contributed by atoms with Gasteiger partial charge in [0.25, 0.3) is 0 Å². The quantitative estimate of drug-likeness (QED) is 0.375. The lowest BCUT2D eigenvalue weighted by Crippen LogP contribution is -2.29. The zero-order valence-corrected chi connectivity index (χ0v) is 8.18. The molecule has 0 aliphatic heterocycles. The van der Waals surface area contributed by atoms with E-state index in [-0.39, 0.29) is 0 Å². The Kier molecular flexibility index (Phi) is 3.30. The third-order valence-corrected chi connectivity index (χ3v) is 1.65. The van der Waals surface area contributed by atoms with Crippen molar-refractivity contribution in [3.05, 3.63) is 30.2 Å². The Morgan fingerprint density at radius 3 is 2.79 bits per heavy atom. The van der Waals surface area contributed by atoms with Gasteiger partial charge in [0.05, 0.1) is 11.3 Å². The number of hydrogen-bond donors (Lipinski definition) is 3. The molecule has 14 heavy (non-hydrogen) atoms. The average molecular weight is 196 g/mol. The van der Waals surface area contributed by atoms with Crippen LogP contribution in [0.25, 0.3) is 6.08 Å². The van der Waals surface area contributed by atoms with Crippen molar-refractivity contribution in [2.45, 2.75) is 0 Å². The average Bonchev–Trinajstić information content (AvgIpc) is 2.15. The van der Waals surface area contributed by atoms with Crippen LogP contribution < -0.4 is 10.2 Å². The molecule has 1 aromatic rings. The van der Waals surface area contributed by atoms with E-state index in [0.717, 1.165) is 4.73 Å². The van der Waals surface area contributed by atoms with E-state index in [4.69, 9.17) is 10.4 Å². The van der Waals surface area contributed by atoms with Gasteiger partial charge in [-0.05, 0) is 12.3 Å². The van der Waals surface area contributed by atoms with E-state index in [9.17, 15) is 0 Å². The molecule has 0 unspecified atom stereocenters. The first-order valence-corrected chi connectivity index (χ1v) is 4.13. The van der Waals surface area contributed by atoms with Crippen molar-refractivity contribution in [1.29, 1.82) is 0 Å². The molecule has 3 N–H and O–H groups in total. The van der Waals surface area contributed by atoms with Gasteiger partial charge in [-0.3, -0.25) is 15.9 Å². The van der Waals surface area contributed by atoms with Crippen LogP contribution in [-0.2, 0) is 0 Å². The smallest absolute Gasteiger partial charge is 0.231 e. The van der Waals surface area contributed by atoms with Gasteiger partial charge >= 0.3 is 0 Å². The van der Waals surface area contributed by atoms with Crippen molar-refractivity contribution >= 4 is 11.8 Å². The molecule has 5 heteroatoms. The lowest BCUT2D eigenvalue weighted by Gasteiger charge is -2.04. The summed E-state index contributed by atoms with van der Waals surface area (Å²) in [6.07, 6.45) is 6.49. The predicted octanol–water partition coefficient (Wildman–Crippen LogP) is 0.545. The molecule has 5 nitrogen and oxygen atoms in total. The van der Waals surface area contributed by atoms with Gasteiger partial charge in [0.2, 0.25) is 12.4 Å². The van der Waals surface area contributed by atoms with Crippen molar-refractivity contribution in [1.82, 2.24) is 4.90 Å². The Morgan fingerprint density at radius 2 is 2.21 bits per heavy atom. The second-order valence-electron chi connectivity index (χ2n) is 3.09. The molecular weight excluding hydrogens is 182 g/mol. The molecule has 1 rings (SSSR count). The highest BCUT2D eigenvalue weighted by Crippen LogP contribution is 2.13. The minimum absolute atomic E-state index is 0.536. The minimum Gasteiger partial charge on any atom is -0.383 e. The Hall–Kier alpha value is -1.75. The van der Waals surface area contributed by atoms with Crippen LogP contribution in [0.3, 0.4) is 0 Å². The molecule has 0 spiro atoms. The summed E-state index contributed by atoms with van der Waals surface area (Å²) < 4.78 is 0.927. The summed E-state index contributed by atoms with van der Waals surface area (Å²) in [5.41, 5.74) is 3.27. The van der Waals surface area contributed by atoms with Crippen molar-refractivity contribution < 1.29 is 15.1 Å². The van der Waals surface area contributed by atoms with E-state index in [1.165, 1.54) is 12.4 Å². The van der Waals surface area contributed by atoms with Crippen molar-refractivity contribution in [3.63, 3.8) is 0 Å². The van der Waals surface area contributed by atoms with Crippen LogP contribution in [-0.4, -0.2) is 29.4 Å². The molecule has 0 radical (unpaired) electrons. The van der Waals surface area contributed by atoms with Crippen LogP contribution in [0.1, 0.15) is 5.56 Å². The third kappa shape index (κ3) is 2.63. The molecule has 0 fully saturated rings. The fourth-order valence-corrected chi connectivity index (χ4v) is 0.966. The number of anilines is 1. The van der Waals surface area contributed by atoms with E-state index >= 15 is 0 Å². The van der Waals surface area contributed by atoms with E-state index in [1.807, 2.05) is 25.2 Å². The van der Waals surface area contributed by atoms with Crippen LogP contribution in [0.4, 0.5) is 5.69 Å². The van der Waals surface area contributed by atoms with Crippen LogP contribution in [0.2, 0.25) is 0 Å². The first kappa shape index (κ1) is 10.3. The van der Waals surface area contributed by atoms with Gasteiger partial charge in [-0.2, -0.15) is 0 Å². The van der Waals surface area contributed by atoms with Crippen LogP contribution in [0.15, 0.2) is 24.7 Å². The number of pyridine rings is 1. The standard InChI is InChI=1S/C9H13N3O2/c1-11(2)5-3-8-7-12(14)6-4-9(8)10-13/h3-7,13-14H,1-2H3/p+1/b5-3+. The summed E-state index contributed by atoms with van der Waals surface area (Å²) in [5.74, 6) is 0. The zero-order chi connectivity index (χ0) is 10.6. The maximum Gasteiger partial charge on any atom is 0.231 e. The topological polar surface area (TPSA) is 59.6 Å². The van der Waals surface area contributed by atoms with Gasteiger partial charge in [-0.1, -0.05) is 0 Å². The van der Waals surface area contributed by atoms with Gasteiger partial charge in [0.1, 0.15) is 0 Å². The molecule has 0 amide bonds. The number of hydrogen-bond acceptors (Lipinski definition) is 4. The normalized spacial score (nSPS) is 10.5. The van der Waals surface area contributed by atoms with E-state index in [1.54, 1.807) is 12.1 Å². The highest BCUT2D eigenvalue weighted by atomic mass is 16.5. The number of aromatic nitrogens is 1. The minimum atomic E-state index is 0.536. The highest BCUT2D eigenvalue weighted by molar-refractivity contribution is 5.63. The monoisotopic (exact) mass is 196 g/mol. The van der Waals surface area contributed by atoms with Gasteiger partial charge in [0, 0.05) is 24.9 Å². The third-order valence-electron chi connectivity index (χ3n) is 1.65. The fraction of sp³-hybridized carbons (Fsp3) is 0.222. The largest absolute Gasteiger partial charge is 0.383 e. The molecule has 0 saturated heterocycles. The molecule has 1 heterocycles. The number of nitrogens with one attached hydrogen (secondary N) is 1. The SMILES string of the molecule is CN(C)/C=C/c1c[n+](O)ccc1NO. The lowest BCUT2D eigenvalue weighted by atomic mass is 10.2. The van der Waals surface area contributed by atoms with Crippen molar-refractivity contribution in [2.24, 2.45) is 0 Å². The Morgan fingerprint density at radius 1 is 1.50 bits per heavy atom. The van der Waals surface area contributed by atoms with Crippen LogP contribution >= 0.6 is 0 Å². The molecule has 0 saturated carbocycles. The number of rotatable bonds is 3. The summed E-state index contributed by atoms with van der Waals surface area (Å²) in [6.45, 7) is 0. The molecule has 1 aromatic heterocycles. The van der Waals surface area contributed by atoms with Gasteiger partial charge < -0.3 is 4.90 Å². The predicted molar refractivity (Wildman–Crippen MR) is 52.0 cm³/mol. The second-order valence-corrected chi connectivity index (χ2v) is 3.09. The molecule has 76 valence electrons.